The number of thiophene rings is 1. The van der Waals surface area contributed by atoms with E-state index >= 15 is 0 Å². The second kappa shape index (κ2) is 9.02. The minimum atomic E-state index is -0.621. The van der Waals surface area contributed by atoms with Gasteiger partial charge in [-0.05, 0) is 24.3 Å². The minimum absolute atomic E-state index is 0.0107. The molecular weight excluding hydrogens is 421 g/mol. The first-order valence-corrected chi connectivity index (χ1v) is 10.0. The number of methoxy groups -OCH3 is 1. The zero-order chi connectivity index (χ0) is 21.8. The number of ether oxygens (including phenoxy) is 2. The van der Waals surface area contributed by atoms with Crippen LogP contribution in [0.1, 0.15) is 21.1 Å². The molecule has 4 rings (SSSR count). The van der Waals surface area contributed by atoms with Crippen LogP contribution < -0.4 is 11.1 Å². The number of fused-ring (bicyclic) bond motifs is 1. The Bertz CT molecular complexity index is 1230. The highest BCUT2D eigenvalue weighted by molar-refractivity contribution is 7.21. The average molecular weight is 439 g/mol. The van der Waals surface area contributed by atoms with Gasteiger partial charge in [0.25, 0.3) is 0 Å². The number of hydrogen-bond acceptors (Lipinski definition) is 9. The predicted octanol–water partition coefficient (Wildman–Crippen LogP) is 4.05. The summed E-state index contributed by atoms with van der Waals surface area (Å²) in [4.78, 5) is 25.3. The third-order valence-corrected chi connectivity index (χ3v) is 5.48. The van der Waals surface area contributed by atoms with Crippen LogP contribution >= 0.6 is 11.3 Å². The molecule has 0 amide bonds. The molecule has 0 saturated carbocycles. The number of carbonyl (C=O) groups is 1. The van der Waals surface area contributed by atoms with E-state index in [-0.39, 0.29) is 35.8 Å². The first kappa shape index (κ1) is 20.6. The van der Waals surface area contributed by atoms with Crippen molar-refractivity contribution in [1.29, 1.82) is 0 Å². The van der Waals surface area contributed by atoms with E-state index in [1.54, 1.807) is 12.1 Å². The molecule has 4 aromatic rings. The van der Waals surface area contributed by atoms with Crippen LogP contribution in [0.4, 0.5) is 22.0 Å². The molecule has 31 heavy (non-hydrogen) atoms. The summed E-state index contributed by atoms with van der Waals surface area (Å²) in [6.45, 7) is -0.145. The number of nitrogen functional groups attached to an aromatic ring is 1. The maximum atomic E-state index is 14.3. The second-order valence-corrected chi connectivity index (χ2v) is 7.51. The summed E-state index contributed by atoms with van der Waals surface area (Å²) < 4.78 is 25.5. The molecule has 0 spiro atoms. The first-order chi connectivity index (χ1) is 15.0. The molecule has 0 aliphatic rings. The Morgan fingerprint density at radius 3 is 2.68 bits per heavy atom. The van der Waals surface area contributed by atoms with Crippen LogP contribution in [0.2, 0.25) is 0 Å². The van der Waals surface area contributed by atoms with E-state index in [1.165, 1.54) is 13.2 Å². The zero-order valence-electron chi connectivity index (χ0n) is 16.5. The average Bonchev–Trinajstić information content (AvgIpc) is 3.12. The molecule has 0 atom stereocenters. The summed E-state index contributed by atoms with van der Waals surface area (Å²) >= 11 is 1.14. The molecule has 2 aromatic carbocycles. The van der Waals surface area contributed by atoms with Gasteiger partial charge in [0.05, 0.1) is 6.61 Å². The van der Waals surface area contributed by atoms with Crippen molar-refractivity contribution in [3.8, 4) is 0 Å². The fourth-order valence-corrected chi connectivity index (χ4v) is 4.13. The molecule has 0 aliphatic heterocycles. The van der Waals surface area contributed by atoms with E-state index in [9.17, 15) is 9.18 Å². The minimum Gasteiger partial charge on any atom is -0.453 e. The maximum absolute atomic E-state index is 14.3. The lowest BCUT2D eigenvalue weighted by Gasteiger charge is -2.08. The van der Waals surface area contributed by atoms with Crippen LogP contribution in [-0.4, -0.2) is 28.0 Å². The number of para-hydroxylation sites is 1. The molecule has 3 N–H and O–H groups in total. The smallest absolute Gasteiger partial charge is 0.349 e. The quantitative estimate of drug-likeness (QED) is 0.415. The first-order valence-electron chi connectivity index (χ1n) is 9.23. The third-order valence-electron chi connectivity index (χ3n) is 4.30. The van der Waals surface area contributed by atoms with Gasteiger partial charge in [-0.1, -0.05) is 24.3 Å². The Morgan fingerprint density at radius 1 is 1.10 bits per heavy atom. The van der Waals surface area contributed by atoms with Crippen LogP contribution in [0.5, 0.6) is 0 Å². The molecule has 8 nitrogen and oxygen atoms in total. The predicted molar refractivity (Wildman–Crippen MR) is 116 cm³/mol. The van der Waals surface area contributed by atoms with Gasteiger partial charge in [0.15, 0.2) is 12.4 Å². The number of rotatable bonds is 7. The largest absolute Gasteiger partial charge is 0.453 e. The van der Waals surface area contributed by atoms with Crippen molar-refractivity contribution in [1.82, 2.24) is 15.0 Å². The fraction of sp³-hybridized carbons (Fsp3) is 0.143. The molecule has 2 aromatic heterocycles. The number of hydrogen-bond donors (Lipinski definition) is 2. The Balaban J connectivity index is 1.54. The molecule has 0 saturated heterocycles. The van der Waals surface area contributed by atoms with Crippen molar-refractivity contribution < 1.29 is 18.7 Å². The standard InChI is InChI=1S/C21H18FN5O3S/c1-29-10-13-17-14(22)8-5-9-15(17)31-18(13)19(28)30-11-16-25-20(23)27-21(26-16)24-12-6-3-2-4-7-12/h2-9H,10-11H2,1H3,(H3,23,24,25,26,27). The van der Waals surface area contributed by atoms with Crippen molar-refractivity contribution >= 4 is 45.0 Å². The fourth-order valence-electron chi connectivity index (χ4n) is 3.02. The highest BCUT2D eigenvalue weighted by atomic mass is 32.1. The van der Waals surface area contributed by atoms with Crippen LogP contribution in [0, 0.1) is 5.82 Å². The Hall–Kier alpha value is -3.63. The van der Waals surface area contributed by atoms with Gasteiger partial charge in [-0.2, -0.15) is 15.0 Å². The number of nitrogens with zero attached hydrogens (tertiary/aromatic N) is 3. The van der Waals surface area contributed by atoms with Crippen molar-refractivity contribution in [2.45, 2.75) is 13.2 Å². The van der Waals surface area contributed by atoms with Crippen molar-refractivity contribution in [3.05, 3.63) is 70.6 Å². The summed E-state index contributed by atoms with van der Waals surface area (Å²) in [5, 5.41) is 3.38. The van der Waals surface area contributed by atoms with Crippen molar-refractivity contribution in [2.24, 2.45) is 0 Å². The number of halogens is 1. The zero-order valence-corrected chi connectivity index (χ0v) is 17.3. The number of esters is 1. The van der Waals surface area contributed by atoms with E-state index < -0.39 is 11.8 Å². The van der Waals surface area contributed by atoms with E-state index in [2.05, 4.69) is 20.3 Å². The number of anilines is 3. The molecule has 0 bridgehead atoms. The lowest BCUT2D eigenvalue weighted by atomic mass is 10.1. The second-order valence-electron chi connectivity index (χ2n) is 6.46. The Morgan fingerprint density at radius 2 is 1.90 bits per heavy atom. The van der Waals surface area contributed by atoms with Crippen molar-refractivity contribution in [3.63, 3.8) is 0 Å². The monoisotopic (exact) mass is 439 g/mol. The summed E-state index contributed by atoms with van der Waals surface area (Å²) in [5.41, 5.74) is 6.98. The van der Waals surface area contributed by atoms with E-state index in [4.69, 9.17) is 15.2 Å². The van der Waals surface area contributed by atoms with Crippen LogP contribution in [0.25, 0.3) is 10.1 Å². The van der Waals surface area contributed by atoms with Gasteiger partial charge in [-0.15, -0.1) is 11.3 Å². The summed E-state index contributed by atoms with van der Waals surface area (Å²) in [6.07, 6.45) is 0. The number of nitrogens with two attached hydrogens (primary N) is 1. The van der Waals surface area contributed by atoms with E-state index in [0.29, 0.717) is 15.6 Å². The summed E-state index contributed by atoms with van der Waals surface area (Å²) in [7, 11) is 1.48. The van der Waals surface area contributed by atoms with Gasteiger partial charge in [0.2, 0.25) is 11.9 Å². The summed E-state index contributed by atoms with van der Waals surface area (Å²) in [5.74, 6) is -0.636. The molecule has 0 radical (unpaired) electrons. The normalized spacial score (nSPS) is 10.9. The molecule has 0 fully saturated rings. The van der Waals surface area contributed by atoms with Crippen LogP contribution in [0.3, 0.4) is 0 Å². The SMILES string of the molecule is COCc1c(C(=O)OCc2nc(N)nc(Nc3ccccc3)n2)sc2cccc(F)c12. The van der Waals surface area contributed by atoms with Gasteiger partial charge in [-0.25, -0.2) is 9.18 Å². The van der Waals surface area contributed by atoms with Crippen LogP contribution in [0.15, 0.2) is 48.5 Å². The Labute approximate surface area is 180 Å². The third kappa shape index (κ3) is 4.60. The molecule has 2 heterocycles. The molecule has 10 heteroatoms. The number of nitrogens with one attached hydrogen (secondary N) is 1. The van der Waals surface area contributed by atoms with E-state index in [1.807, 2.05) is 30.3 Å². The number of carbonyl (C=O) groups excluding carboxylic acids is 1. The number of benzene rings is 2. The lowest BCUT2D eigenvalue weighted by molar-refractivity contribution is 0.0464. The molecule has 0 aliphatic carbocycles. The van der Waals surface area contributed by atoms with Gasteiger partial charge in [-0.3, -0.25) is 0 Å². The van der Waals surface area contributed by atoms with Crippen molar-refractivity contribution in [2.75, 3.05) is 18.2 Å². The highest BCUT2D eigenvalue weighted by Gasteiger charge is 2.22. The number of aromatic nitrogens is 3. The lowest BCUT2D eigenvalue weighted by Crippen LogP contribution is -2.11. The van der Waals surface area contributed by atoms with Gasteiger partial charge in [0.1, 0.15) is 10.7 Å². The van der Waals surface area contributed by atoms with E-state index in [0.717, 1.165) is 17.0 Å². The molecule has 158 valence electrons. The molecular formula is C21H18FN5O3S. The van der Waals surface area contributed by atoms with Gasteiger partial charge in [0, 0.05) is 28.4 Å². The topological polar surface area (TPSA) is 112 Å². The molecule has 0 unspecified atom stereocenters. The van der Waals surface area contributed by atoms with Crippen LogP contribution in [-0.2, 0) is 22.7 Å². The van der Waals surface area contributed by atoms with Gasteiger partial charge >= 0.3 is 5.97 Å². The summed E-state index contributed by atoms with van der Waals surface area (Å²) in [6, 6.07) is 14.0. The van der Waals surface area contributed by atoms with Gasteiger partial charge < -0.3 is 20.5 Å². The highest BCUT2D eigenvalue weighted by Crippen LogP contribution is 2.34. The maximum Gasteiger partial charge on any atom is 0.349 e. The Kier molecular flexibility index (Phi) is 6.01.